The van der Waals surface area contributed by atoms with Gasteiger partial charge in [0.15, 0.2) is 5.84 Å². The average molecular weight is 749 g/mol. The summed E-state index contributed by atoms with van der Waals surface area (Å²) in [6, 6.07) is 64.4. The molecule has 11 aromatic rings. The van der Waals surface area contributed by atoms with Gasteiger partial charge in [0.25, 0.3) is 0 Å². The topological polar surface area (TPSA) is 54.8 Å². The van der Waals surface area contributed by atoms with Crippen LogP contribution in [0.4, 0.5) is 0 Å². The van der Waals surface area contributed by atoms with Gasteiger partial charge in [-0.1, -0.05) is 133 Å². The molecular formula is C51H32N4OS. The van der Waals surface area contributed by atoms with Crippen LogP contribution in [0.15, 0.2) is 196 Å². The fourth-order valence-electron chi connectivity index (χ4n) is 8.65. The minimum atomic E-state index is -0.339. The van der Waals surface area contributed by atoms with Crippen molar-refractivity contribution in [1.29, 1.82) is 0 Å². The third-order valence-corrected chi connectivity index (χ3v) is 12.5. The molecule has 0 spiro atoms. The summed E-state index contributed by atoms with van der Waals surface area (Å²) in [6.07, 6.45) is -0.339. The van der Waals surface area contributed by atoms with Gasteiger partial charge in [-0.15, -0.1) is 11.3 Å². The zero-order valence-electron chi connectivity index (χ0n) is 30.6. The first-order valence-corrected chi connectivity index (χ1v) is 20.0. The van der Waals surface area contributed by atoms with Crippen LogP contribution in [0.3, 0.4) is 0 Å². The highest BCUT2D eigenvalue weighted by Gasteiger charge is 2.23. The van der Waals surface area contributed by atoms with E-state index in [1.807, 2.05) is 41.7 Å². The van der Waals surface area contributed by atoms with Crippen LogP contribution in [0.25, 0.3) is 80.7 Å². The Kier molecular flexibility index (Phi) is 7.09. The van der Waals surface area contributed by atoms with Crippen molar-refractivity contribution in [3.05, 3.63) is 199 Å². The third-order valence-electron chi connectivity index (χ3n) is 11.3. The molecule has 0 amide bonds. The van der Waals surface area contributed by atoms with Crippen LogP contribution in [0.5, 0.6) is 0 Å². The molecule has 0 bridgehead atoms. The average Bonchev–Trinajstić information content (AvgIpc) is 3.96. The number of amidine groups is 2. The molecule has 4 heterocycles. The minimum Gasteiger partial charge on any atom is -0.456 e. The Morgan fingerprint density at radius 3 is 2.14 bits per heavy atom. The van der Waals surface area contributed by atoms with Crippen molar-refractivity contribution in [1.82, 2.24) is 9.88 Å². The van der Waals surface area contributed by atoms with Gasteiger partial charge in [0.2, 0.25) is 0 Å². The zero-order chi connectivity index (χ0) is 37.5. The van der Waals surface area contributed by atoms with E-state index in [-0.39, 0.29) is 6.17 Å². The molecule has 0 saturated heterocycles. The van der Waals surface area contributed by atoms with E-state index in [4.69, 9.17) is 14.4 Å². The molecule has 1 unspecified atom stereocenters. The lowest BCUT2D eigenvalue weighted by Crippen LogP contribution is -2.33. The van der Waals surface area contributed by atoms with E-state index >= 15 is 0 Å². The molecule has 1 atom stereocenters. The van der Waals surface area contributed by atoms with E-state index in [1.165, 1.54) is 53.1 Å². The summed E-state index contributed by atoms with van der Waals surface area (Å²) in [5, 5.41) is 10.8. The molecule has 57 heavy (non-hydrogen) atoms. The Bertz CT molecular complexity index is 3450. The molecule has 0 aliphatic carbocycles. The SMILES string of the molecule is c1ccc(C2=NC(c3ccc4c(c3)sc3c(-c5cccc6c5c5ccccc5n6-c5ccccc5)cccc34)=NC(c3ccc4oc5ccccc5c4c3)N2)cc1. The van der Waals surface area contributed by atoms with Crippen molar-refractivity contribution < 1.29 is 4.42 Å². The summed E-state index contributed by atoms with van der Waals surface area (Å²) in [4.78, 5) is 10.4. The summed E-state index contributed by atoms with van der Waals surface area (Å²) in [6.45, 7) is 0. The smallest absolute Gasteiger partial charge is 0.159 e. The monoisotopic (exact) mass is 748 g/mol. The highest BCUT2D eigenvalue weighted by atomic mass is 32.1. The largest absolute Gasteiger partial charge is 0.456 e. The van der Waals surface area contributed by atoms with Gasteiger partial charge in [-0.25, -0.2) is 9.98 Å². The molecule has 1 N–H and O–H groups in total. The maximum atomic E-state index is 6.16. The summed E-state index contributed by atoms with van der Waals surface area (Å²) < 4.78 is 11.0. The second kappa shape index (κ2) is 12.6. The van der Waals surface area contributed by atoms with Gasteiger partial charge in [0.1, 0.15) is 23.2 Å². The first-order valence-electron chi connectivity index (χ1n) is 19.2. The maximum Gasteiger partial charge on any atom is 0.159 e. The molecule has 5 nitrogen and oxygen atoms in total. The molecule has 0 fully saturated rings. The standard InChI is InChI=1S/C51H32N4OS/c1-3-13-31(14-4-1)49-52-50(32-26-28-45-41(29-32)35-17-8-10-24-44(35)56-45)54-51(53-49)33-25-27-36-38-20-11-21-39(48(38)57-46(36)30-33)37-19-12-23-43-47(37)40-18-7-9-22-42(40)55(43)34-15-5-2-6-16-34/h1-30,50H,(H,52,53,54). The molecule has 0 radical (unpaired) electrons. The van der Waals surface area contributed by atoms with Crippen molar-refractivity contribution in [2.45, 2.75) is 6.17 Å². The van der Waals surface area contributed by atoms with Crippen LogP contribution in [-0.4, -0.2) is 16.2 Å². The zero-order valence-corrected chi connectivity index (χ0v) is 31.4. The number of hydrogen-bond acceptors (Lipinski definition) is 5. The lowest BCUT2D eigenvalue weighted by molar-refractivity contribution is 0.663. The molecule has 268 valence electrons. The Labute approximate surface area is 331 Å². The number of hydrogen-bond donors (Lipinski definition) is 1. The van der Waals surface area contributed by atoms with Gasteiger partial charge in [0.05, 0.1) is 11.0 Å². The lowest BCUT2D eigenvalue weighted by Gasteiger charge is -2.23. The number of nitrogens with one attached hydrogen (secondary N) is 1. The fourth-order valence-corrected chi connectivity index (χ4v) is 9.92. The molecule has 0 saturated carbocycles. The maximum absolute atomic E-state index is 6.16. The Morgan fingerprint density at radius 2 is 1.25 bits per heavy atom. The van der Waals surface area contributed by atoms with E-state index < -0.39 is 0 Å². The van der Waals surface area contributed by atoms with Crippen molar-refractivity contribution in [3.8, 4) is 16.8 Å². The van der Waals surface area contributed by atoms with E-state index in [1.54, 1.807) is 0 Å². The van der Waals surface area contributed by atoms with Crippen molar-refractivity contribution >= 4 is 86.9 Å². The molecule has 6 heteroatoms. The Balaban J connectivity index is 1.01. The highest BCUT2D eigenvalue weighted by Crippen LogP contribution is 2.45. The number of aromatic nitrogens is 1. The quantitative estimate of drug-likeness (QED) is 0.191. The van der Waals surface area contributed by atoms with E-state index in [0.717, 1.165) is 50.2 Å². The first-order chi connectivity index (χ1) is 28.2. The minimum absolute atomic E-state index is 0.339. The van der Waals surface area contributed by atoms with Crippen molar-refractivity contribution in [2.75, 3.05) is 0 Å². The number of thiophene rings is 1. The van der Waals surface area contributed by atoms with Crippen molar-refractivity contribution in [3.63, 3.8) is 0 Å². The number of fused-ring (bicyclic) bond motifs is 9. The summed E-state index contributed by atoms with van der Waals surface area (Å²) in [5.41, 5.74) is 10.8. The third kappa shape index (κ3) is 5.08. The molecule has 8 aromatic carbocycles. The van der Waals surface area contributed by atoms with Crippen LogP contribution in [0.2, 0.25) is 0 Å². The van der Waals surface area contributed by atoms with Crippen molar-refractivity contribution in [2.24, 2.45) is 9.98 Å². The van der Waals surface area contributed by atoms with Crippen LogP contribution in [0, 0.1) is 0 Å². The van der Waals surface area contributed by atoms with Crippen LogP contribution in [-0.2, 0) is 0 Å². The molecular weight excluding hydrogens is 717 g/mol. The summed E-state index contributed by atoms with van der Waals surface area (Å²) in [5.74, 6) is 1.50. The van der Waals surface area contributed by atoms with Gasteiger partial charge in [-0.05, 0) is 59.7 Å². The second-order valence-electron chi connectivity index (χ2n) is 14.6. The van der Waals surface area contributed by atoms with Crippen LogP contribution in [0.1, 0.15) is 22.9 Å². The molecule has 1 aliphatic heterocycles. The summed E-state index contributed by atoms with van der Waals surface area (Å²) >= 11 is 1.84. The Morgan fingerprint density at radius 1 is 0.526 bits per heavy atom. The van der Waals surface area contributed by atoms with Gasteiger partial charge >= 0.3 is 0 Å². The predicted molar refractivity (Wildman–Crippen MR) is 238 cm³/mol. The molecule has 1 aliphatic rings. The van der Waals surface area contributed by atoms with Crippen LogP contribution >= 0.6 is 11.3 Å². The number of nitrogens with zero attached hydrogens (tertiary/aromatic N) is 3. The predicted octanol–water partition coefficient (Wildman–Crippen LogP) is 13.2. The van der Waals surface area contributed by atoms with Gasteiger partial charge < -0.3 is 14.3 Å². The number of rotatable bonds is 5. The normalized spacial score (nSPS) is 14.5. The number of furan rings is 1. The van der Waals surface area contributed by atoms with E-state index in [9.17, 15) is 0 Å². The lowest BCUT2D eigenvalue weighted by atomic mass is 9.97. The number of benzene rings is 8. The number of para-hydroxylation sites is 3. The van der Waals surface area contributed by atoms with E-state index in [2.05, 4.69) is 162 Å². The fraction of sp³-hybridized carbons (Fsp3) is 0.0196. The van der Waals surface area contributed by atoms with E-state index in [0.29, 0.717) is 5.84 Å². The molecule has 12 rings (SSSR count). The highest BCUT2D eigenvalue weighted by molar-refractivity contribution is 7.26. The van der Waals surface area contributed by atoms with Crippen LogP contribution < -0.4 is 5.32 Å². The van der Waals surface area contributed by atoms with Gasteiger partial charge in [-0.3, -0.25) is 0 Å². The molecule has 3 aromatic heterocycles. The summed E-state index contributed by atoms with van der Waals surface area (Å²) in [7, 11) is 0. The van der Waals surface area contributed by atoms with Gasteiger partial charge in [0, 0.05) is 64.1 Å². The Hall–Kier alpha value is -7.28. The first kappa shape index (κ1) is 32.0. The van der Waals surface area contributed by atoms with Gasteiger partial charge in [-0.2, -0.15) is 0 Å². The number of aliphatic imine (C=N–C) groups is 2. The second-order valence-corrected chi connectivity index (χ2v) is 15.6.